The fourth-order valence-electron chi connectivity index (χ4n) is 1.42. The number of aromatic amines is 1. The Morgan fingerprint density at radius 3 is 3.09 bits per heavy atom. The largest absolute Gasteiger partial charge is 0.391 e. The molecule has 0 aliphatic carbocycles. The maximum Gasteiger partial charge on any atom is 0.125 e. The number of hydrogen-bond acceptors (Lipinski definition) is 3. The second-order valence-corrected chi connectivity index (χ2v) is 2.76. The first-order valence-electron chi connectivity index (χ1n) is 3.78. The van der Waals surface area contributed by atoms with E-state index in [1.807, 2.05) is 0 Å². The highest BCUT2D eigenvalue weighted by atomic mass is 16.3. The molecule has 11 heavy (non-hydrogen) atoms. The van der Waals surface area contributed by atoms with Gasteiger partial charge < -0.3 is 15.4 Å². The summed E-state index contributed by atoms with van der Waals surface area (Å²) in [5.74, 6) is 0.829. The van der Waals surface area contributed by atoms with Gasteiger partial charge in [-0.1, -0.05) is 0 Å². The van der Waals surface area contributed by atoms with Crippen LogP contribution in [0.3, 0.4) is 0 Å². The van der Waals surface area contributed by atoms with Crippen molar-refractivity contribution in [3.63, 3.8) is 0 Å². The van der Waals surface area contributed by atoms with Crippen LogP contribution in [0.25, 0.3) is 0 Å². The topological polar surface area (TPSA) is 60.9 Å². The minimum absolute atomic E-state index is 0.00463. The quantitative estimate of drug-likeness (QED) is 0.524. The van der Waals surface area contributed by atoms with Crippen molar-refractivity contribution >= 4 is 0 Å². The van der Waals surface area contributed by atoms with Crippen LogP contribution in [0.15, 0.2) is 12.4 Å². The van der Waals surface area contributed by atoms with Crippen LogP contribution in [0.2, 0.25) is 0 Å². The highest BCUT2D eigenvalue weighted by Crippen LogP contribution is 2.19. The number of aromatic nitrogens is 2. The highest BCUT2D eigenvalue weighted by molar-refractivity contribution is 5.01. The molecular formula is C7H11N3O. The van der Waals surface area contributed by atoms with Gasteiger partial charge in [0, 0.05) is 12.4 Å². The van der Waals surface area contributed by atoms with Gasteiger partial charge in [-0.2, -0.15) is 0 Å². The summed E-state index contributed by atoms with van der Waals surface area (Å²) in [6.07, 6.45) is 3.98. The Kier molecular flexibility index (Phi) is 1.63. The van der Waals surface area contributed by atoms with E-state index < -0.39 is 0 Å². The molecular weight excluding hydrogens is 142 g/mol. The molecule has 1 aliphatic rings. The van der Waals surface area contributed by atoms with E-state index >= 15 is 0 Å². The molecule has 1 aliphatic heterocycles. The molecule has 0 spiro atoms. The molecule has 3 N–H and O–H groups in total. The van der Waals surface area contributed by atoms with Crippen molar-refractivity contribution in [2.45, 2.75) is 18.6 Å². The smallest absolute Gasteiger partial charge is 0.125 e. The third-order valence-corrected chi connectivity index (χ3v) is 2.00. The lowest BCUT2D eigenvalue weighted by Crippen LogP contribution is -2.21. The van der Waals surface area contributed by atoms with Crippen molar-refractivity contribution in [2.24, 2.45) is 0 Å². The molecule has 0 bridgehead atoms. The van der Waals surface area contributed by atoms with Gasteiger partial charge in [-0.25, -0.2) is 4.98 Å². The molecule has 1 aromatic rings. The molecule has 2 heterocycles. The maximum absolute atomic E-state index is 9.44. The third kappa shape index (κ3) is 1.15. The third-order valence-electron chi connectivity index (χ3n) is 2.00. The highest BCUT2D eigenvalue weighted by Gasteiger charge is 2.27. The number of imidazole rings is 1. The first-order chi connectivity index (χ1) is 5.38. The second kappa shape index (κ2) is 2.64. The molecule has 4 heteroatoms. The Hall–Kier alpha value is -0.870. The minimum Gasteiger partial charge on any atom is -0.391 e. The molecule has 60 valence electrons. The summed E-state index contributed by atoms with van der Waals surface area (Å²) >= 11 is 0. The van der Waals surface area contributed by atoms with Gasteiger partial charge in [-0.05, 0) is 13.0 Å². The lowest BCUT2D eigenvalue weighted by atomic mass is 10.2. The average molecular weight is 153 g/mol. The monoisotopic (exact) mass is 153 g/mol. The number of nitrogens with zero attached hydrogens (tertiary/aromatic N) is 1. The Morgan fingerprint density at radius 1 is 1.64 bits per heavy atom. The van der Waals surface area contributed by atoms with Crippen molar-refractivity contribution in [3.8, 4) is 0 Å². The zero-order valence-electron chi connectivity index (χ0n) is 6.12. The first-order valence-corrected chi connectivity index (χ1v) is 3.78. The van der Waals surface area contributed by atoms with Crippen molar-refractivity contribution in [2.75, 3.05) is 6.54 Å². The molecule has 0 radical (unpaired) electrons. The van der Waals surface area contributed by atoms with Gasteiger partial charge in [0.2, 0.25) is 0 Å². The summed E-state index contributed by atoms with van der Waals surface area (Å²) in [5.41, 5.74) is 0. The number of nitrogens with one attached hydrogen (secondary N) is 2. The molecule has 0 saturated carbocycles. The van der Waals surface area contributed by atoms with Gasteiger partial charge in [0.1, 0.15) is 5.82 Å². The average Bonchev–Trinajstić information content (AvgIpc) is 2.55. The zero-order valence-corrected chi connectivity index (χ0v) is 6.12. The lowest BCUT2D eigenvalue weighted by Gasteiger charge is -2.10. The van der Waals surface area contributed by atoms with Crippen molar-refractivity contribution < 1.29 is 5.11 Å². The predicted octanol–water partition coefficient (Wildman–Crippen LogP) is -0.195. The van der Waals surface area contributed by atoms with Gasteiger partial charge >= 0.3 is 0 Å². The van der Waals surface area contributed by atoms with Crippen molar-refractivity contribution in [1.29, 1.82) is 0 Å². The van der Waals surface area contributed by atoms with E-state index in [-0.39, 0.29) is 12.1 Å². The fraction of sp³-hybridized carbons (Fsp3) is 0.571. The van der Waals surface area contributed by atoms with Crippen LogP contribution in [0.1, 0.15) is 18.3 Å². The van der Waals surface area contributed by atoms with Crippen LogP contribution in [-0.4, -0.2) is 27.7 Å². The summed E-state index contributed by atoms with van der Waals surface area (Å²) in [6.45, 7) is 0.868. The maximum atomic E-state index is 9.44. The number of H-pyrrole nitrogens is 1. The van der Waals surface area contributed by atoms with E-state index in [2.05, 4.69) is 15.3 Å². The van der Waals surface area contributed by atoms with Crippen LogP contribution >= 0.6 is 0 Å². The van der Waals surface area contributed by atoms with Crippen LogP contribution < -0.4 is 5.32 Å². The molecule has 1 fully saturated rings. The molecule has 4 nitrogen and oxygen atoms in total. The SMILES string of the molecule is OC1CCNC1c1ncc[nH]1. The van der Waals surface area contributed by atoms with E-state index in [9.17, 15) is 5.11 Å². The van der Waals surface area contributed by atoms with E-state index in [0.29, 0.717) is 0 Å². The van der Waals surface area contributed by atoms with Gasteiger partial charge in [-0.15, -0.1) is 0 Å². The van der Waals surface area contributed by atoms with E-state index in [1.165, 1.54) is 0 Å². The van der Waals surface area contributed by atoms with Crippen molar-refractivity contribution in [1.82, 2.24) is 15.3 Å². The summed E-state index contributed by atoms with van der Waals surface area (Å²) in [7, 11) is 0. The molecule has 2 rings (SSSR count). The van der Waals surface area contributed by atoms with Gasteiger partial charge in [0.25, 0.3) is 0 Å². The van der Waals surface area contributed by atoms with Crippen molar-refractivity contribution in [3.05, 3.63) is 18.2 Å². The Bertz CT molecular complexity index is 222. The van der Waals surface area contributed by atoms with E-state index in [0.717, 1.165) is 18.8 Å². The Labute approximate surface area is 64.7 Å². The lowest BCUT2D eigenvalue weighted by molar-refractivity contribution is 0.157. The second-order valence-electron chi connectivity index (χ2n) is 2.76. The predicted molar refractivity (Wildman–Crippen MR) is 40.0 cm³/mol. The fourth-order valence-corrected chi connectivity index (χ4v) is 1.42. The molecule has 2 unspecified atom stereocenters. The van der Waals surface area contributed by atoms with Gasteiger partial charge in [0.15, 0.2) is 0 Å². The molecule has 2 atom stereocenters. The summed E-state index contributed by atoms with van der Waals surface area (Å²) in [4.78, 5) is 7.05. The van der Waals surface area contributed by atoms with Crippen LogP contribution in [0.5, 0.6) is 0 Å². The zero-order chi connectivity index (χ0) is 7.68. The standard InChI is InChI=1S/C7H11N3O/c11-5-1-2-8-6(5)7-9-3-4-10-7/h3-6,8,11H,1-2H2,(H,9,10). The van der Waals surface area contributed by atoms with Crippen LogP contribution in [0.4, 0.5) is 0 Å². The Balaban J connectivity index is 2.16. The summed E-state index contributed by atoms with van der Waals surface area (Å²) in [5, 5.41) is 12.6. The molecule has 1 saturated heterocycles. The normalized spacial score (nSPS) is 31.0. The number of rotatable bonds is 1. The van der Waals surface area contributed by atoms with E-state index in [4.69, 9.17) is 0 Å². The Morgan fingerprint density at radius 2 is 2.55 bits per heavy atom. The number of aliphatic hydroxyl groups is 1. The van der Waals surface area contributed by atoms with Gasteiger partial charge in [0.05, 0.1) is 12.1 Å². The molecule has 0 amide bonds. The first kappa shape index (κ1) is 6.82. The summed E-state index contributed by atoms with van der Waals surface area (Å²) in [6, 6.07) is 0.00463. The van der Waals surface area contributed by atoms with Gasteiger partial charge in [-0.3, -0.25) is 0 Å². The molecule has 0 aromatic carbocycles. The number of hydrogen-bond donors (Lipinski definition) is 3. The van der Waals surface area contributed by atoms with Crippen LogP contribution in [-0.2, 0) is 0 Å². The molecule has 1 aromatic heterocycles. The number of aliphatic hydroxyl groups excluding tert-OH is 1. The van der Waals surface area contributed by atoms with Crippen LogP contribution in [0, 0.1) is 0 Å². The minimum atomic E-state index is -0.291. The van der Waals surface area contributed by atoms with E-state index in [1.54, 1.807) is 12.4 Å². The summed E-state index contributed by atoms with van der Waals surface area (Å²) < 4.78 is 0.